The third-order valence-corrected chi connectivity index (χ3v) is 7.01. The highest BCUT2D eigenvalue weighted by molar-refractivity contribution is 9.10. The van der Waals surface area contributed by atoms with E-state index in [2.05, 4.69) is 34.8 Å². The number of hydrogen-bond acceptors (Lipinski definition) is 3. The Kier molecular flexibility index (Phi) is 6.00. The van der Waals surface area contributed by atoms with Gasteiger partial charge in [-0.1, -0.05) is 25.4 Å². The molecule has 1 aromatic carbocycles. The van der Waals surface area contributed by atoms with Crippen LogP contribution in [0, 0.1) is 5.41 Å². The lowest BCUT2D eigenvalue weighted by Gasteiger charge is -2.43. The van der Waals surface area contributed by atoms with Crippen molar-refractivity contribution >= 4 is 38.3 Å². The number of benzene rings is 1. The maximum atomic E-state index is 12.0. The van der Waals surface area contributed by atoms with E-state index in [1.807, 2.05) is 6.07 Å². The van der Waals surface area contributed by atoms with Crippen molar-refractivity contribution in [3.05, 3.63) is 38.2 Å². The van der Waals surface area contributed by atoms with Crippen molar-refractivity contribution in [2.24, 2.45) is 11.1 Å². The van der Waals surface area contributed by atoms with Gasteiger partial charge < -0.3 is 15.5 Å². The normalized spacial score (nSPS) is 24.6. The zero-order chi connectivity index (χ0) is 18.9. The number of aromatic nitrogens is 1. The van der Waals surface area contributed by atoms with Gasteiger partial charge in [0, 0.05) is 27.5 Å². The van der Waals surface area contributed by atoms with Gasteiger partial charge in [-0.05, 0) is 72.0 Å². The number of aromatic amines is 1. The van der Waals surface area contributed by atoms with Crippen molar-refractivity contribution in [2.75, 3.05) is 0 Å². The van der Waals surface area contributed by atoms with Crippen molar-refractivity contribution in [2.45, 2.75) is 64.5 Å². The average Bonchev–Trinajstić information content (AvgIpc) is 2.66. The molecule has 4 nitrogen and oxygen atoms in total. The van der Waals surface area contributed by atoms with Gasteiger partial charge in [-0.25, -0.2) is 0 Å². The first kappa shape index (κ1) is 19.7. The molecule has 1 unspecified atom stereocenters. The zero-order valence-electron chi connectivity index (χ0n) is 15.3. The van der Waals surface area contributed by atoms with Crippen LogP contribution < -0.4 is 16.0 Å². The number of ether oxygens (including phenoxy) is 1. The maximum absolute atomic E-state index is 12.0. The Morgan fingerprint density at radius 2 is 2.04 bits per heavy atom. The number of hydrogen-bond donors (Lipinski definition) is 2. The van der Waals surface area contributed by atoms with Gasteiger partial charge in [0.05, 0.1) is 11.1 Å². The van der Waals surface area contributed by atoms with Gasteiger partial charge in [0.15, 0.2) is 0 Å². The smallest absolute Gasteiger partial charge is 0.255 e. The molecule has 0 bridgehead atoms. The van der Waals surface area contributed by atoms with E-state index in [1.165, 1.54) is 0 Å². The van der Waals surface area contributed by atoms with Gasteiger partial charge in [-0.2, -0.15) is 0 Å². The summed E-state index contributed by atoms with van der Waals surface area (Å²) < 4.78 is 7.05. The van der Waals surface area contributed by atoms with Crippen LogP contribution in [0.2, 0.25) is 5.02 Å². The van der Waals surface area contributed by atoms with E-state index < -0.39 is 0 Å². The summed E-state index contributed by atoms with van der Waals surface area (Å²) in [5.74, 6) is 0.638. The predicted molar refractivity (Wildman–Crippen MR) is 111 cm³/mol. The third kappa shape index (κ3) is 3.67. The first-order chi connectivity index (χ1) is 12.4. The fourth-order valence-electron chi connectivity index (χ4n) is 4.20. The molecule has 3 rings (SSSR count). The van der Waals surface area contributed by atoms with Gasteiger partial charge in [-0.3, -0.25) is 4.79 Å². The number of nitrogens with two attached hydrogens (primary N) is 1. The van der Waals surface area contributed by atoms with Crippen LogP contribution in [0.3, 0.4) is 0 Å². The van der Waals surface area contributed by atoms with Gasteiger partial charge >= 0.3 is 0 Å². The van der Waals surface area contributed by atoms with Crippen LogP contribution >= 0.6 is 27.5 Å². The number of rotatable bonds is 5. The molecule has 1 heterocycles. The summed E-state index contributed by atoms with van der Waals surface area (Å²) in [6.45, 7) is 4.41. The lowest BCUT2D eigenvalue weighted by atomic mass is 9.66. The molecule has 142 valence electrons. The van der Waals surface area contributed by atoms with Crippen LogP contribution in [0.1, 0.15) is 52.4 Å². The van der Waals surface area contributed by atoms with Crippen molar-refractivity contribution in [1.29, 1.82) is 0 Å². The lowest BCUT2D eigenvalue weighted by Crippen LogP contribution is -2.45. The second-order valence-electron chi connectivity index (χ2n) is 7.34. The largest absolute Gasteiger partial charge is 0.489 e. The van der Waals surface area contributed by atoms with E-state index in [0.29, 0.717) is 16.2 Å². The van der Waals surface area contributed by atoms with Crippen LogP contribution in [0.5, 0.6) is 5.75 Å². The van der Waals surface area contributed by atoms with Crippen LogP contribution in [-0.4, -0.2) is 17.1 Å². The molecule has 1 aliphatic carbocycles. The van der Waals surface area contributed by atoms with Gasteiger partial charge in [0.1, 0.15) is 5.75 Å². The Balaban J connectivity index is 1.79. The topological polar surface area (TPSA) is 68.1 Å². The molecule has 2 aromatic rings. The summed E-state index contributed by atoms with van der Waals surface area (Å²) >= 11 is 9.87. The third-order valence-electron chi connectivity index (χ3n) is 6.06. The van der Waals surface area contributed by atoms with E-state index in [1.54, 1.807) is 12.3 Å². The molecule has 0 spiro atoms. The van der Waals surface area contributed by atoms with Gasteiger partial charge in [-0.15, -0.1) is 0 Å². The SMILES string of the molecule is CCC(N)C1(CC)CCC(Oc2cc3c(Br)c[nH]c(=O)c3cc2Cl)CC1. The maximum Gasteiger partial charge on any atom is 0.255 e. The van der Waals surface area contributed by atoms with Crippen molar-refractivity contribution in [3.63, 3.8) is 0 Å². The first-order valence-corrected chi connectivity index (χ1v) is 10.5. The Morgan fingerprint density at radius 1 is 1.35 bits per heavy atom. The van der Waals surface area contributed by atoms with Crippen molar-refractivity contribution in [3.8, 4) is 5.75 Å². The summed E-state index contributed by atoms with van der Waals surface area (Å²) in [5, 5.41) is 1.83. The number of nitrogens with one attached hydrogen (secondary N) is 1. The van der Waals surface area contributed by atoms with Crippen LogP contribution in [0.25, 0.3) is 10.8 Å². The number of pyridine rings is 1. The van der Waals surface area contributed by atoms with Crippen LogP contribution in [-0.2, 0) is 0 Å². The fourth-order valence-corrected chi connectivity index (χ4v) is 4.85. The Labute approximate surface area is 167 Å². The molecule has 1 fully saturated rings. The van der Waals surface area contributed by atoms with E-state index in [0.717, 1.165) is 48.4 Å². The summed E-state index contributed by atoms with van der Waals surface area (Å²) in [4.78, 5) is 14.7. The Morgan fingerprint density at radius 3 is 2.65 bits per heavy atom. The monoisotopic (exact) mass is 440 g/mol. The molecule has 26 heavy (non-hydrogen) atoms. The van der Waals surface area contributed by atoms with Crippen LogP contribution in [0.4, 0.5) is 0 Å². The predicted octanol–water partition coefficient (Wildman–Crippen LogP) is 5.40. The Bertz CT molecular complexity index is 844. The van der Waals surface area contributed by atoms with Crippen molar-refractivity contribution < 1.29 is 4.74 Å². The molecule has 0 amide bonds. The van der Waals surface area contributed by atoms with Crippen LogP contribution in [0.15, 0.2) is 27.6 Å². The van der Waals surface area contributed by atoms with Gasteiger partial charge in [0.2, 0.25) is 0 Å². The molecule has 3 N–H and O–H groups in total. The lowest BCUT2D eigenvalue weighted by molar-refractivity contribution is 0.0569. The molecule has 0 saturated heterocycles. The molecule has 0 radical (unpaired) electrons. The molecule has 1 atom stereocenters. The molecule has 1 saturated carbocycles. The minimum absolute atomic E-state index is 0.134. The highest BCUT2D eigenvalue weighted by Gasteiger charge is 2.38. The van der Waals surface area contributed by atoms with Gasteiger partial charge in [0.25, 0.3) is 5.56 Å². The standard InChI is InChI=1S/C20H26BrClN2O2/c1-3-18(23)20(4-2)7-5-12(6-8-20)26-17-10-13-14(9-16(17)22)19(25)24-11-15(13)21/h9-12,18H,3-8,23H2,1-2H3,(H,24,25). The first-order valence-electron chi connectivity index (χ1n) is 9.33. The highest BCUT2D eigenvalue weighted by atomic mass is 79.9. The summed E-state index contributed by atoms with van der Waals surface area (Å²) in [7, 11) is 0. The minimum atomic E-state index is -0.157. The van der Waals surface area contributed by atoms with E-state index in [9.17, 15) is 4.79 Å². The Hall–Kier alpha value is -1.04. The molecular weight excluding hydrogens is 416 g/mol. The molecular formula is C20H26BrClN2O2. The number of fused-ring (bicyclic) bond motifs is 1. The quantitative estimate of drug-likeness (QED) is 0.653. The zero-order valence-corrected chi connectivity index (χ0v) is 17.6. The number of halogens is 2. The molecule has 1 aromatic heterocycles. The summed E-state index contributed by atoms with van der Waals surface area (Å²) in [6.07, 6.45) is 8.02. The average molecular weight is 442 g/mol. The summed E-state index contributed by atoms with van der Waals surface area (Å²) in [5.41, 5.74) is 6.49. The second kappa shape index (κ2) is 7.91. The van der Waals surface area contributed by atoms with E-state index >= 15 is 0 Å². The summed E-state index contributed by atoms with van der Waals surface area (Å²) in [6, 6.07) is 3.79. The van der Waals surface area contributed by atoms with E-state index in [-0.39, 0.29) is 23.1 Å². The molecule has 0 aliphatic heterocycles. The second-order valence-corrected chi connectivity index (χ2v) is 8.60. The van der Waals surface area contributed by atoms with Crippen molar-refractivity contribution in [1.82, 2.24) is 4.98 Å². The number of H-pyrrole nitrogens is 1. The molecule has 1 aliphatic rings. The fraction of sp³-hybridized carbons (Fsp3) is 0.550. The minimum Gasteiger partial charge on any atom is -0.489 e. The highest BCUT2D eigenvalue weighted by Crippen LogP contribution is 2.44. The van der Waals surface area contributed by atoms with E-state index in [4.69, 9.17) is 22.1 Å². The molecule has 6 heteroatoms.